The quantitative estimate of drug-likeness (QED) is 0.519. The van der Waals surface area contributed by atoms with Gasteiger partial charge in [0.2, 0.25) is 16.0 Å². The number of benzene rings is 1. The fourth-order valence-corrected chi connectivity index (χ4v) is 3.19. The number of halogens is 1. The maximum absolute atomic E-state index is 13.2. The van der Waals surface area contributed by atoms with Crippen molar-refractivity contribution in [3.05, 3.63) is 36.0 Å². The van der Waals surface area contributed by atoms with E-state index in [1.165, 1.54) is 0 Å². The van der Waals surface area contributed by atoms with Crippen LogP contribution in [0.25, 0.3) is 11.0 Å². The fourth-order valence-electron chi connectivity index (χ4n) is 2.67. The molecule has 0 bridgehead atoms. The van der Waals surface area contributed by atoms with Crippen molar-refractivity contribution in [3.8, 4) is 0 Å². The average molecular weight is 393 g/mol. The molecule has 3 aromatic rings. The predicted molar refractivity (Wildman–Crippen MR) is 102 cm³/mol. The van der Waals surface area contributed by atoms with E-state index in [4.69, 9.17) is 5.73 Å². The number of hydrogen-bond acceptors (Lipinski definition) is 7. The summed E-state index contributed by atoms with van der Waals surface area (Å²) >= 11 is 0. The Bertz CT molecular complexity index is 1080. The lowest BCUT2D eigenvalue weighted by molar-refractivity contribution is 0.575. The molecule has 0 aliphatic rings. The van der Waals surface area contributed by atoms with Crippen LogP contribution in [0.1, 0.15) is 12.2 Å². The van der Waals surface area contributed by atoms with Crippen molar-refractivity contribution in [2.45, 2.75) is 19.9 Å². The minimum Gasteiger partial charge on any atom is -0.381 e. The largest absolute Gasteiger partial charge is 0.381 e. The molecule has 0 spiro atoms. The van der Waals surface area contributed by atoms with Crippen molar-refractivity contribution in [1.82, 2.24) is 24.2 Å². The number of sulfonamides is 1. The molecule has 2 heterocycles. The molecule has 1 aromatic carbocycles. The molecule has 3 rings (SSSR count). The van der Waals surface area contributed by atoms with E-state index in [2.05, 4.69) is 25.0 Å². The molecule has 9 nitrogen and oxygen atoms in total. The van der Waals surface area contributed by atoms with E-state index in [1.807, 2.05) is 29.7 Å². The zero-order chi connectivity index (χ0) is 19.6. The molecule has 0 saturated heterocycles. The van der Waals surface area contributed by atoms with Crippen LogP contribution < -0.4 is 15.8 Å². The minimum atomic E-state index is -3.19. The molecule has 0 unspecified atom stereocenters. The van der Waals surface area contributed by atoms with Gasteiger partial charge in [0.25, 0.3) is 0 Å². The van der Waals surface area contributed by atoms with Gasteiger partial charge >= 0.3 is 0 Å². The van der Waals surface area contributed by atoms with Crippen LogP contribution in [0.3, 0.4) is 0 Å². The second-order valence-electron chi connectivity index (χ2n) is 6.09. The second-order valence-corrected chi connectivity index (χ2v) is 7.92. The van der Waals surface area contributed by atoms with Gasteiger partial charge < -0.3 is 15.6 Å². The molecule has 0 atom stereocenters. The molecule has 2 aromatic heterocycles. The summed E-state index contributed by atoms with van der Waals surface area (Å²) in [7, 11) is -3.19. The number of hydrogen-bond donors (Lipinski definition) is 3. The molecule has 27 heavy (non-hydrogen) atoms. The van der Waals surface area contributed by atoms with Crippen molar-refractivity contribution in [2.75, 3.05) is 23.9 Å². The number of anilines is 3. The van der Waals surface area contributed by atoms with Crippen molar-refractivity contribution in [3.63, 3.8) is 0 Å². The molecule has 0 saturated carbocycles. The normalized spacial score (nSPS) is 11.8. The summed E-state index contributed by atoms with van der Waals surface area (Å²) in [6, 6.07) is 5.56. The molecule has 0 aliphatic heterocycles. The number of imidazole rings is 1. The van der Waals surface area contributed by atoms with Crippen LogP contribution >= 0.6 is 0 Å². The SMILES string of the molecule is Cc1nc2cc(Nc3ncc(F)c(N)n3)ccc2n1CCCNS(C)(=O)=O. The molecule has 144 valence electrons. The Morgan fingerprint density at radius 2 is 2.07 bits per heavy atom. The number of aryl methyl sites for hydroxylation is 2. The summed E-state index contributed by atoms with van der Waals surface area (Å²) in [5, 5.41) is 2.97. The summed E-state index contributed by atoms with van der Waals surface area (Å²) in [5.41, 5.74) is 7.83. The summed E-state index contributed by atoms with van der Waals surface area (Å²) in [6.07, 6.45) is 2.78. The lowest BCUT2D eigenvalue weighted by Gasteiger charge is -2.08. The first-order valence-corrected chi connectivity index (χ1v) is 10.1. The average Bonchev–Trinajstić information content (AvgIpc) is 2.89. The zero-order valence-corrected chi connectivity index (χ0v) is 15.7. The van der Waals surface area contributed by atoms with Crippen LogP contribution in [-0.2, 0) is 16.6 Å². The first-order chi connectivity index (χ1) is 12.7. The number of nitrogens with one attached hydrogen (secondary N) is 2. The van der Waals surface area contributed by atoms with Gasteiger partial charge in [-0.1, -0.05) is 0 Å². The van der Waals surface area contributed by atoms with Crippen molar-refractivity contribution < 1.29 is 12.8 Å². The van der Waals surface area contributed by atoms with Crippen LogP contribution in [-0.4, -0.2) is 40.7 Å². The highest BCUT2D eigenvalue weighted by Crippen LogP contribution is 2.22. The van der Waals surface area contributed by atoms with Crippen LogP contribution in [0.2, 0.25) is 0 Å². The maximum atomic E-state index is 13.2. The number of nitrogens with zero attached hydrogens (tertiary/aromatic N) is 4. The first-order valence-electron chi connectivity index (χ1n) is 8.19. The van der Waals surface area contributed by atoms with E-state index in [-0.39, 0.29) is 11.8 Å². The highest BCUT2D eigenvalue weighted by molar-refractivity contribution is 7.88. The third kappa shape index (κ3) is 4.68. The van der Waals surface area contributed by atoms with E-state index in [1.54, 1.807) is 0 Å². The van der Waals surface area contributed by atoms with Gasteiger partial charge in [0.05, 0.1) is 23.5 Å². The maximum Gasteiger partial charge on any atom is 0.229 e. The number of nitrogen functional groups attached to an aromatic ring is 1. The zero-order valence-electron chi connectivity index (χ0n) is 14.9. The van der Waals surface area contributed by atoms with Crippen LogP contribution in [0, 0.1) is 12.7 Å². The Morgan fingerprint density at radius 3 is 2.78 bits per heavy atom. The van der Waals surface area contributed by atoms with E-state index in [0.29, 0.717) is 25.2 Å². The van der Waals surface area contributed by atoms with Gasteiger partial charge in [-0.25, -0.2) is 27.5 Å². The minimum absolute atomic E-state index is 0.191. The molecule has 0 fully saturated rings. The van der Waals surface area contributed by atoms with Crippen molar-refractivity contribution in [2.24, 2.45) is 0 Å². The summed E-state index contributed by atoms with van der Waals surface area (Å²) in [6.45, 7) is 2.89. The topological polar surface area (TPSA) is 128 Å². The van der Waals surface area contributed by atoms with Crippen LogP contribution in [0.4, 0.5) is 21.8 Å². The standard InChI is InChI=1S/C16H20FN7O2S/c1-10-21-13-8-11(22-16-19-9-12(17)15(18)23-16)4-5-14(13)24(10)7-3-6-20-27(2,25)26/h4-5,8-9,20H,3,6-7H2,1-2H3,(H3,18,19,22,23). The third-order valence-corrected chi connectivity index (χ3v) is 4.62. The van der Waals surface area contributed by atoms with Gasteiger partial charge in [-0.2, -0.15) is 4.98 Å². The first kappa shape index (κ1) is 19.0. The Morgan fingerprint density at radius 1 is 1.30 bits per heavy atom. The Kier molecular flexibility index (Phi) is 5.24. The van der Waals surface area contributed by atoms with Gasteiger partial charge in [-0.3, -0.25) is 0 Å². The van der Waals surface area contributed by atoms with Crippen molar-refractivity contribution in [1.29, 1.82) is 0 Å². The molecule has 0 aliphatic carbocycles. The van der Waals surface area contributed by atoms with Gasteiger partial charge in [-0.05, 0) is 31.5 Å². The van der Waals surface area contributed by atoms with E-state index in [0.717, 1.165) is 29.3 Å². The van der Waals surface area contributed by atoms with Gasteiger partial charge in [-0.15, -0.1) is 0 Å². The van der Waals surface area contributed by atoms with Crippen LogP contribution in [0.15, 0.2) is 24.4 Å². The van der Waals surface area contributed by atoms with E-state index < -0.39 is 15.8 Å². The van der Waals surface area contributed by atoms with Gasteiger partial charge in [0.15, 0.2) is 11.6 Å². The number of rotatable bonds is 7. The molecule has 0 radical (unpaired) electrons. The lowest BCUT2D eigenvalue weighted by atomic mass is 10.2. The molecule has 11 heteroatoms. The second kappa shape index (κ2) is 7.45. The molecule has 4 N–H and O–H groups in total. The van der Waals surface area contributed by atoms with Gasteiger partial charge in [0, 0.05) is 18.8 Å². The van der Waals surface area contributed by atoms with Crippen molar-refractivity contribution >= 4 is 38.5 Å². The smallest absolute Gasteiger partial charge is 0.229 e. The molecule has 0 amide bonds. The van der Waals surface area contributed by atoms with Gasteiger partial charge in [0.1, 0.15) is 5.82 Å². The van der Waals surface area contributed by atoms with Crippen LogP contribution in [0.5, 0.6) is 0 Å². The monoisotopic (exact) mass is 393 g/mol. The Hall–Kier alpha value is -2.79. The van der Waals surface area contributed by atoms with E-state index >= 15 is 0 Å². The lowest BCUT2D eigenvalue weighted by Crippen LogP contribution is -2.23. The summed E-state index contributed by atoms with van der Waals surface area (Å²) in [5.74, 6) is 0.118. The highest BCUT2D eigenvalue weighted by atomic mass is 32.2. The fraction of sp³-hybridized carbons (Fsp3) is 0.312. The molecular formula is C16H20FN7O2S. The Balaban J connectivity index is 1.75. The Labute approximate surface area is 155 Å². The predicted octanol–water partition coefficient (Wildman–Crippen LogP) is 1.54. The number of fused-ring (bicyclic) bond motifs is 1. The summed E-state index contributed by atoms with van der Waals surface area (Å²) < 4.78 is 39.9. The summed E-state index contributed by atoms with van der Waals surface area (Å²) in [4.78, 5) is 12.2. The number of aromatic nitrogens is 4. The third-order valence-electron chi connectivity index (χ3n) is 3.89. The highest BCUT2D eigenvalue weighted by Gasteiger charge is 2.10. The van der Waals surface area contributed by atoms with E-state index in [9.17, 15) is 12.8 Å². The number of nitrogens with two attached hydrogens (primary N) is 1. The molecular weight excluding hydrogens is 373 g/mol.